The zero-order chi connectivity index (χ0) is 15.2. The minimum atomic E-state index is -0.293. The van der Waals surface area contributed by atoms with Crippen LogP contribution in [0.2, 0.25) is 5.02 Å². The number of rotatable bonds is 5. The van der Waals surface area contributed by atoms with Crippen molar-refractivity contribution in [1.82, 2.24) is 0 Å². The van der Waals surface area contributed by atoms with Crippen LogP contribution in [0.5, 0.6) is 11.5 Å². The Hall–Kier alpha value is -2.40. The van der Waals surface area contributed by atoms with Gasteiger partial charge in [0.25, 0.3) is 5.91 Å². The van der Waals surface area contributed by atoms with Gasteiger partial charge in [-0.3, -0.25) is 4.79 Å². The van der Waals surface area contributed by atoms with Gasteiger partial charge < -0.3 is 20.5 Å². The maximum Gasteiger partial charge on any atom is 0.262 e. The fourth-order valence-corrected chi connectivity index (χ4v) is 1.95. The number of carbonyl (C=O) groups excluding carboxylic acids is 1. The van der Waals surface area contributed by atoms with Crippen molar-refractivity contribution in [3.05, 3.63) is 47.5 Å². The van der Waals surface area contributed by atoms with Gasteiger partial charge >= 0.3 is 0 Å². The topological polar surface area (TPSA) is 73.6 Å². The van der Waals surface area contributed by atoms with Crippen molar-refractivity contribution < 1.29 is 14.3 Å². The molecule has 21 heavy (non-hydrogen) atoms. The van der Waals surface area contributed by atoms with Gasteiger partial charge in [-0.1, -0.05) is 17.7 Å². The Morgan fingerprint density at radius 1 is 1.29 bits per heavy atom. The summed E-state index contributed by atoms with van der Waals surface area (Å²) in [7, 11) is 1.53. The quantitative estimate of drug-likeness (QED) is 0.833. The van der Waals surface area contributed by atoms with E-state index in [2.05, 4.69) is 5.32 Å². The molecule has 0 aliphatic rings. The normalized spacial score (nSPS) is 10.0. The first-order valence-corrected chi connectivity index (χ1v) is 6.58. The number of nitrogens with two attached hydrogens (primary N) is 1. The SMILES string of the molecule is COc1ccc(NC(=O)COc2cccc(N)c2)cc1Cl. The fraction of sp³-hybridized carbons (Fsp3) is 0.133. The number of ether oxygens (including phenoxy) is 2. The molecule has 0 aromatic heterocycles. The van der Waals surface area contributed by atoms with Crippen molar-refractivity contribution in [3.63, 3.8) is 0 Å². The number of anilines is 2. The monoisotopic (exact) mass is 306 g/mol. The van der Waals surface area contributed by atoms with Crippen LogP contribution >= 0.6 is 11.6 Å². The summed E-state index contributed by atoms with van der Waals surface area (Å²) in [5.41, 5.74) is 6.78. The lowest BCUT2D eigenvalue weighted by molar-refractivity contribution is -0.118. The van der Waals surface area contributed by atoms with Crippen LogP contribution in [0, 0.1) is 0 Å². The Labute approximate surface area is 127 Å². The number of hydrogen-bond donors (Lipinski definition) is 2. The first-order valence-electron chi connectivity index (χ1n) is 6.20. The van der Waals surface area contributed by atoms with Gasteiger partial charge in [0, 0.05) is 17.4 Å². The van der Waals surface area contributed by atoms with Crippen LogP contribution in [0.15, 0.2) is 42.5 Å². The van der Waals surface area contributed by atoms with E-state index in [0.717, 1.165) is 0 Å². The molecule has 0 aliphatic heterocycles. The standard InChI is InChI=1S/C15H15ClN2O3/c1-20-14-6-5-11(8-13(14)16)18-15(19)9-21-12-4-2-3-10(17)7-12/h2-8H,9,17H2,1H3,(H,18,19). The summed E-state index contributed by atoms with van der Waals surface area (Å²) in [6, 6.07) is 11.9. The van der Waals surface area contributed by atoms with E-state index < -0.39 is 0 Å². The van der Waals surface area contributed by atoms with Crippen LogP contribution in [0.1, 0.15) is 0 Å². The molecular formula is C15H15ClN2O3. The lowest BCUT2D eigenvalue weighted by atomic mass is 10.3. The van der Waals surface area contributed by atoms with Crippen molar-refractivity contribution in [2.24, 2.45) is 0 Å². The van der Waals surface area contributed by atoms with Crippen LogP contribution in [-0.2, 0) is 4.79 Å². The minimum Gasteiger partial charge on any atom is -0.495 e. The number of amides is 1. The van der Waals surface area contributed by atoms with E-state index in [4.69, 9.17) is 26.8 Å². The molecule has 2 aromatic rings. The molecule has 0 saturated carbocycles. The number of carbonyl (C=O) groups is 1. The predicted octanol–water partition coefficient (Wildman–Crippen LogP) is 2.95. The summed E-state index contributed by atoms with van der Waals surface area (Å²) in [4.78, 5) is 11.8. The molecule has 0 fully saturated rings. The highest BCUT2D eigenvalue weighted by Crippen LogP contribution is 2.27. The number of methoxy groups -OCH3 is 1. The average molecular weight is 307 g/mol. The highest BCUT2D eigenvalue weighted by molar-refractivity contribution is 6.32. The lowest BCUT2D eigenvalue weighted by Gasteiger charge is -2.09. The zero-order valence-corrected chi connectivity index (χ0v) is 12.2. The van der Waals surface area contributed by atoms with Crippen molar-refractivity contribution in [3.8, 4) is 11.5 Å². The van der Waals surface area contributed by atoms with Crippen molar-refractivity contribution in [1.29, 1.82) is 0 Å². The molecule has 0 aliphatic carbocycles. The molecule has 6 heteroatoms. The Balaban J connectivity index is 1.91. The number of hydrogen-bond acceptors (Lipinski definition) is 4. The second kappa shape index (κ2) is 6.85. The molecule has 0 saturated heterocycles. The Morgan fingerprint density at radius 3 is 2.76 bits per heavy atom. The molecule has 0 unspecified atom stereocenters. The number of halogens is 1. The molecule has 2 rings (SSSR count). The highest BCUT2D eigenvalue weighted by atomic mass is 35.5. The van der Waals surface area contributed by atoms with E-state index in [9.17, 15) is 4.79 Å². The Kier molecular flexibility index (Phi) is 4.90. The third-order valence-corrected chi connectivity index (χ3v) is 2.96. The van der Waals surface area contributed by atoms with E-state index >= 15 is 0 Å². The third-order valence-electron chi connectivity index (χ3n) is 2.66. The zero-order valence-electron chi connectivity index (χ0n) is 11.4. The van der Waals surface area contributed by atoms with Crippen LogP contribution in [0.25, 0.3) is 0 Å². The molecule has 2 aromatic carbocycles. The van der Waals surface area contributed by atoms with Gasteiger partial charge in [0.2, 0.25) is 0 Å². The average Bonchev–Trinajstić information content (AvgIpc) is 2.45. The van der Waals surface area contributed by atoms with Crippen molar-refractivity contribution in [2.75, 3.05) is 24.8 Å². The molecule has 0 heterocycles. The third kappa shape index (κ3) is 4.29. The summed E-state index contributed by atoms with van der Waals surface area (Å²) >= 11 is 5.98. The predicted molar refractivity (Wildman–Crippen MR) is 83.0 cm³/mol. The number of benzene rings is 2. The van der Waals surface area contributed by atoms with E-state index in [1.54, 1.807) is 42.5 Å². The minimum absolute atomic E-state index is 0.118. The van der Waals surface area contributed by atoms with E-state index in [1.165, 1.54) is 7.11 Å². The Morgan fingerprint density at radius 2 is 2.10 bits per heavy atom. The molecule has 110 valence electrons. The Bertz CT molecular complexity index is 647. The van der Waals surface area contributed by atoms with Gasteiger partial charge in [0.15, 0.2) is 6.61 Å². The highest BCUT2D eigenvalue weighted by Gasteiger charge is 2.06. The largest absolute Gasteiger partial charge is 0.495 e. The molecule has 0 bridgehead atoms. The van der Waals surface area contributed by atoms with Crippen LogP contribution < -0.4 is 20.5 Å². The van der Waals surface area contributed by atoms with Crippen LogP contribution in [-0.4, -0.2) is 19.6 Å². The van der Waals surface area contributed by atoms with Gasteiger partial charge in [0.1, 0.15) is 11.5 Å². The summed E-state index contributed by atoms with van der Waals surface area (Å²) < 4.78 is 10.4. The summed E-state index contributed by atoms with van der Waals surface area (Å²) in [5, 5.41) is 3.11. The summed E-state index contributed by atoms with van der Waals surface area (Å²) in [6.07, 6.45) is 0. The lowest BCUT2D eigenvalue weighted by Crippen LogP contribution is -2.20. The van der Waals surface area contributed by atoms with Gasteiger partial charge in [-0.2, -0.15) is 0 Å². The molecule has 1 amide bonds. The summed E-state index contributed by atoms with van der Waals surface area (Å²) in [6.45, 7) is -0.118. The molecule has 0 radical (unpaired) electrons. The number of nitrogens with one attached hydrogen (secondary N) is 1. The van der Waals surface area contributed by atoms with Crippen LogP contribution in [0.4, 0.5) is 11.4 Å². The van der Waals surface area contributed by atoms with Gasteiger partial charge in [0.05, 0.1) is 12.1 Å². The van der Waals surface area contributed by atoms with Crippen LogP contribution in [0.3, 0.4) is 0 Å². The van der Waals surface area contributed by atoms with E-state index in [-0.39, 0.29) is 12.5 Å². The summed E-state index contributed by atoms with van der Waals surface area (Å²) in [5.74, 6) is 0.794. The van der Waals surface area contributed by atoms with Gasteiger partial charge in [-0.05, 0) is 30.3 Å². The second-order valence-electron chi connectivity index (χ2n) is 4.26. The molecule has 3 N–H and O–H groups in total. The maximum absolute atomic E-state index is 11.8. The van der Waals surface area contributed by atoms with E-state index in [0.29, 0.717) is 27.9 Å². The second-order valence-corrected chi connectivity index (χ2v) is 4.67. The van der Waals surface area contributed by atoms with Gasteiger partial charge in [-0.25, -0.2) is 0 Å². The molecule has 0 spiro atoms. The van der Waals surface area contributed by atoms with Crippen molar-refractivity contribution in [2.45, 2.75) is 0 Å². The molecular weight excluding hydrogens is 292 g/mol. The van der Waals surface area contributed by atoms with Crippen molar-refractivity contribution >= 4 is 28.9 Å². The van der Waals surface area contributed by atoms with Gasteiger partial charge in [-0.15, -0.1) is 0 Å². The fourth-order valence-electron chi connectivity index (χ4n) is 1.69. The molecule has 0 atom stereocenters. The first-order chi connectivity index (χ1) is 10.1. The van der Waals surface area contributed by atoms with E-state index in [1.807, 2.05) is 0 Å². The smallest absolute Gasteiger partial charge is 0.262 e. The molecule has 5 nitrogen and oxygen atoms in total. The first kappa shape index (κ1) is 15.0. The number of nitrogen functional groups attached to an aromatic ring is 1. The maximum atomic E-state index is 11.8.